The third kappa shape index (κ3) is 1.98. The molecule has 0 aliphatic rings. The Bertz CT molecular complexity index is 407. The monoisotopic (exact) mass is 287 g/mol. The van der Waals surface area contributed by atoms with Crippen LogP contribution in [0.1, 0.15) is 21.5 Å². The van der Waals surface area contributed by atoms with Crippen LogP contribution in [0.25, 0.3) is 0 Å². The highest BCUT2D eigenvalue weighted by molar-refractivity contribution is 14.1. The Kier molecular flexibility index (Phi) is 2.88. The van der Waals surface area contributed by atoms with Crippen LogP contribution in [-0.2, 0) is 0 Å². The molecule has 3 nitrogen and oxygen atoms in total. The first kappa shape index (κ1) is 9.99. The second-order valence-electron chi connectivity index (χ2n) is 2.56. The molecule has 0 aliphatic carbocycles. The SMILES string of the molecule is Cc1cc(C#N)c(C(=O)O)cc1I. The van der Waals surface area contributed by atoms with Gasteiger partial charge in [0.25, 0.3) is 0 Å². The number of halogens is 1. The first-order chi connectivity index (χ1) is 6.06. The predicted molar refractivity (Wildman–Crippen MR) is 55.6 cm³/mol. The van der Waals surface area contributed by atoms with E-state index in [4.69, 9.17) is 10.4 Å². The lowest BCUT2D eigenvalue weighted by molar-refractivity contribution is 0.0696. The van der Waals surface area contributed by atoms with E-state index in [0.29, 0.717) is 0 Å². The largest absolute Gasteiger partial charge is 0.478 e. The number of aryl methyl sites for hydroxylation is 1. The molecule has 0 atom stereocenters. The summed E-state index contributed by atoms with van der Waals surface area (Å²) in [7, 11) is 0. The molecule has 0 heterocycles. The molecule has 0 fully saturated rings. The molecule has 0 radical (unpaired) electrons. The Morgan fingerprint density at radius 3 is 2.69 bits per heavy atom. The van der Waals surface area contributed by atoms with E-state index in [9.17, 15) is 4.79 Å². The number of rotatable bonds is 1. The van der Waals surface area contributed by atoms with Gasteiger partial charge >= 0.3 is 5.97 Å². The minimum atomic E-state index is -1.06. The van der Waals surface area contributed by atoms with E-state index >= 15 is 0 Å². The maximum absolute atomic E-state index is 10.7. The Morgan fingerprint density at radius 2 is 2.23 bits per heavy atom. The minimum Gasteiger partial charge on any atom is -0.478 e. The first-order valence-electron chi connectivity index (χ1n) is 3.50. The fourth-order valence-electron chi connectivity index (χ4n) is 0.951. The van der Waals surface area contributed by atoms with E-state index < -0.39 is 5.97 Å². The van der Waals surface area contributed by atoms with Crippen LogP contribution in [0.3, 0.4) is 0 Å². The van der Waals surface area contributed by atoms with Crippen molar-refractivity contribution in [2.75, 3.05) is 0 Å². The number of nitriles is 1. The van der Waals surface area contributed by atoms with Crippen LogP contribution in [0, 0.1) is 21.8 Å². The summed E-state index contributed by atoms with van der Waals surface area (Å²) in [6, 6.07) is 4.96. The van der Waals surface area contributed by atoms with Crippen LogP contribution in [-0.4, -0.2) is 11.1 Å². The highest BCUT2D eigenvalue weighted by atomic mass is 127. The standard InChI is InChI=1S/C9H6INO2/c1-5-2-6(4-11)7(9(12)13)3-8(5)10/h2-3H,1H3,(H,12,13). The summed E-state index contributed by atoms with van der Waals surface area (Å²) in [6.07, 6.45) is 0. The predicted octanol–water partition coefficient (Wildman–Crippen LogP) is 2.17. The quantitative estimate of drug-likeness (QED) is 0.805. The number of hydrogen-bond acceptors (Lipinski definition) is 2. The van der Waals surface area contributed by atoms with Crippen molar-refractivity contribution in [2.24, 2.45) is 0 Å². The summed E-state index contributed by atoms with van der Waals surface area (Å²) in [4.78, 5) is 10.7. The van der Waals surface area contributed by atoms with Crippen molar-refractivity contribution >= 4 is 28.6 Å². The number of benzene rings is 1. The normalized spacial score (nSPS) is 9.31. The molecule has 0 aliphatic heterocycles. The van der Waals surface area contributed by atoms with Crippen molar-refractivity contribution < 1.29 is 9.90 Å². The maximum atomic E-state index is 10.7. The van der Waals surface area contributed by atoms with Crippen molar-refractivity contribution in [3.63, 3.8) is 0 Å². The van der Waals surface area contributed by atoms with Gasteiger partial charge in [-0.15, -0.1) is 0 Å². The molecule has 0 spiro atoms. The van der Waals surface area contributed by atoms with E-state index in [2.05, 4.69) is 0 Å². The van der Waals surface area contributed by atoms with Gasteiger partial charge in [-0.2, -0.15) is 5.26 Å². The van der Waals surface area contributed by atoms with Crippen LogP contribution in [0.4, 0.5) is 0 Å². The second kappa shape index (κ2) is 3.75. The zero-order chi connectivity index (χ0) is 10.0. The van der Waals surface area contributed by atoms with Crippen LogP contribution in [0.15, 0.2) is 12.1 Å². The average Bonchev–Trinajstić information content (AvgIpc) is 2.08. The van der Waals surface area contributed by atoms with Gasteiger partial charge in [0.1, 0.15) is 6.07 Å². The zero-order valence-electron chi connectivity index (χ0n) is 6.84. The lowest BCUT2D eigenvalue weighted by atomic mass is 10.1. The summed E-state index contributed by atoms with van der Waals surface area (Å²) in [5.41, 5.74) is 1.20. The molecule has 0 amide bonds. The second-order valence-corrected chi connectivity index (χ2v) is 3.73. The van der Waals surface area contributed by atoms with Gasteiger partial charge in [-0.3, -0.25) is 0 Å². The number of aromatic carboxylic acids is 1. The molecule has 1 aromatic carbocycles. The molecule has 1 rings (SSSR count). The van der Waals surface area contributed by atoms with Gasteiger partial charge < -0.3 is 5.11 Å². The molecule has 0 bridgehead atoms. The van der Waals surface area contributed by atoms with E-state index in [1.807, 2.05) is 35.6 Å². The summed E-state index contributed by atoms with van der Waals surface area (Å²) >= 11 is 2.04. The third-order valence-electron chi connectivity index (χ3n) is 1.65. The lowest BCUT2D eigenvalue weighted by Gasteiger charge is -2.02. The molecule has 66 valence electrons. The highest BCUT2D eigenvalue weighted by Gasteiger charge is 2.11. The summed E-state index contributed by atoms with van der Waals surface area (Å²) in [6.45, 7) is 1.84. The van der Waals surface area contributed by atoms with Gasteiger partial charge in [-0.1, -0.05) is 0 Å². The number of carboxylic acids is 1. The number of carbonyl (C=O) groups is 1. The van der Waals surface area contributed by atoms with Gasteiger partial charge in [0, 0.05) is 3.57 Å². The molecule has 0 saturated heterocycles. The molecular formula is C9H6INO2. The van der Waals surface area contributed by atoms with E-state index in [1.165, 1.54) is 6.07 Å². The Hall–Kier alpha value is -1.09. The first-order valence-corrected chi connectivity index (χ1v) is 4.57. The molecule has 0 aromatic heterocycles. The fourth-order valence-corrected chi connectivity index (χ4v) is 1.42. The molecule has 0 saturated carbocycles. The van der Waals surface area contributed by atoms with Crippen molar-refractivity contribution in [3.8, 4) is 6.07 Å². The number of carboxylic acid groups (broad SMARTS) is 1. The molecule has 13 heavy (non-hydrogen) atoms. The van der Waals surface area contributed by atoms with E-state index in [0.717, 1.165) is 9.13 Å². The highest BCUT2D eigenvalue weighted by Crippen LogP contribution is 2.17. The van der Waals surface area contributed by atoms with Gasteiger partial charge in [0.05, 0.1) is 11.1 Å². The molecule has 0 unspecified atom stereocenters. The molecule has 4 heteroatoms. The smallest absolute Gasteiger partial charge is 0.337 e. The zero-order valence-corrected chi connectivity index (χ0v) is 8.99. The summed E-state index contributed by atoms with van der Waals surface area (Å²) in [5, 5.41) is 17.4. The fraction of sp³-hybridized carbons (Fsp3) is 0.111. The van der Waals surface area contributed by atoms with Crippen molar-refractivity contribution in [3.05, 3.63) is 32.4 Å². The molecule has 1 N–H and O–H groups in total. The van der Waals surface area contributed by atoms with Gasteiger partial charge in [0.2, 0.25) is 0 Å². The third-order valence-corrected chi connectivity index (χ3v) is 2.81. The Balaban J connectivity index is 3.44. The summed E-state index contributed by atoms with van der Waals surface area (Å²) in [5.74, 6) is -1.06. The van der Waals surface area contributed by atoms with Crippen LogP contribution in [0.2, 0.25) is 0 Å². The Morgan fingerprint density at radius 1 is 1.62 bits per heavy atom. The minimum absolute atomic E-state index is 0.0671. The maximum Gasteiger partial charge on any atom is 0.337 e. The number of nitrogens with zero attached hydrogens (tertiary/aromatic N) is 1. The Labute approximate surface area is 89.1 Å². The van der Waals surface area contributed by atoms with Crippen LogP contribution < -0.4 is 0 Å². The van der Waals surface area contributed by atoms with Crippen LogP contribution >= 0.6 is 22.6 Å². The van der Waals surface area contributed by atoms with Gasteiger partial charge in [-0.05, 0) is 47.2 Å². The van der Waals surface area contributed by atoms with Crippen LogP contribution in [0.5, 0.6) is 0 Å². The van der Waals surface area contributed by atoms with E-state index in [1.54, 1.807) is 6.07 Å². The average molecular weight is 287 g/mol. The van der Waals surface area contributed by atoms with Crippen molar-refractivity contribution in [2.45, 2.75) is 6.92 Å². The van der Waals surface area contributed by atoms with E-state index in [-0.39, 0.29) is 11.1 Å². The van der Waals surface area contributed by atoms with Gasteiger partial charge in [0.15, 0.2) is 0 Å². The van der Waals surface area contributed by atoms with Gasteiger partial charge in [-0.25, -0.2) is 4.79 Å². The summed E-state index contributed by atoms with van der Waals surface area (Å²) < 4.78 is 0.856. The molecular weight excluding hydrogens is 281 g/mol. The van der Waals surface area contributed by atoms with Crippen molar-refractivity contribution in [1.82, 2.24) is 0 Å². The lowest BCUT2D eigenvalue weighted by Crippen LogP contribution is -2.01. The number of hydrogen-bond donors (Lipinski definition) is 1. The van der Waals surface area contributed by atoms with Crippen molar-refractivity contribution in [1.29, 1.82) is 5.26 Å². The topological polar surface area (TPSA) is 61.1 Å². The molecule has 1 aromatic rings.